The van der Waals surface area contributed by atoms with E-state index >= 15 is 0 Å². The molecule has 1 aromatic carbocycles. The lowest BCUT2D eigenvalue weighted by Gasteiger charge is -2.40. The lowest BCUT2D eigenvalue weighted by atomic mass is 9.72. The quantitative estimate of drug-likeness (QED) is 0.829. The number of nitrogens with zero attached hydrogens (tertiary/aromatic N) is 2. The topological polar surface area (TPSA) is 71.4 Å². The third-order valence-electron chi connectivity index (χ3n) is 5.55. The number of anilines is 1. The molecule has 1 N–H and O–H groups in total. The highest BCUT2D eigenvalue weighted by Gasteiger charge is 2.43. The van der Waals surface area contributed by atoms with Crippen molar-refractivity contribution >= 4 is 17.5 Å². The first kappa shape index (κ1) is 19.6. The van der Waals surface area contributed by atoms with Crippen LogP contribution in [0.1, 0.15) is 24.0 Å². The van der Waals surface area contributed by atoms with Crippen LogP contribution in [0.5, 0.6) is 0 Å². The number of aryl methyl sites for hydroxylation is 2. The van der Waals surface area contributed by atoms with Crippen LogP contribution in [0.25, 0.3) is 0 Å². The molecule has 2 amide bonds. The van der Waals surface area contributed by atoms with Crippen LogP contribution in [-0.2, 0) is 22.1 Å². The second-order valence-corrected chi connectivity index (χ2v) is 7.25. The molecule has 1 aliphatic heterocycles. The second kappa shape index (κ2) is 7.84. The smallest absolute Gasteiger partial charge is 0.250 e. The lowest BCUT2D eigenvalue weighted by molar-refractivity contribution is -0.131. The molecule has 0 bridgehead atoms. The standard InChI is InChI=1S/C22H25N3O3/c1-4-19(26)25-12-10-22(11-13-25,17-8-6-5-7-9-17)21(28)23-18-15-24(3)20(27)14-16(18)2/h4-9,14-15H,1,10-13H2,2-3H3,(H,23,28). The average Bonchev–Trinajstić information content (AvgIpc) is 2.72. The zero-order valence-corrected chi connectivity index (χ0v) is 16.3. The SMILES string of the molecule is C=CC(=O)N1CCC(C(=O)Nc2cn(C)c(=O)cc2C)(c2ccccc2)CC1. The molecule has 2 aromatic rings. The van der Waals surface area contributed by atoms with Gasteiger partial charge in [0.15, 0.2) is 0 Å². The number of pyridine rings is 1. The number of amides is 2. The van der Waals surface area contributed by atoms with Crippen molar-refractivity contribution < 1.29 is 9.59 Å². The molecule has 0 unspecified atom stereocenters. The van der Waals surface area contributed by atoms with Crippen molar-refractivity contribution in [2.75, 3.05) is 18.4 Å². The first-order valence-electron chi connectivity index (χ1n) is 9.33. The molecular formula is C22H25N3O3. The Kier molecular flexibility index (Phi) is 5.49. The highest BCUT2D eigenvalue weighted by Crippen LogP contribution is 2.37. The highest BCUT2D eigenvalue weighted by atomic mass is 16.2. The van der Waals surface area contributed by atoms with Gasteiger partial charge in [-0.3, -0.25) is 14.4 Å². The van der Waals surface area contributed by atoms with Crippen LogP contribution in [0.15, 0.2) is 60.0 Å². The van der Waals surface area contributed by atoms with Crippen molar-refractivity contribution in [3.05, 3.63) is 76.7 Å². The molecule has 0 radical (unpaired) electrons. The Morgan fingerprint density at radius 2 is 1.82 bits per heavy atom. The number of piperidine rings is 1. The van der Waals surface area contributed by atoms with Gasteiger partial charge < -0.3 is 14.8 Å². The summed E-state index contributed by atoms with van der Waals surface area (Å²) < 4.78 is 1.45. The van der Waals surface area contributed by atoms with Gasteiger partial charge >= 0.3 is 0 Å². The Bertz CT molecular complexity index is 955. The van der Waals surface area contributed by atoms with E-state index in [1.165, 1.54) is 16.7 Å². The van der Waals surface area contributed by atoms with E-state index < -0.39 is 5.41 Å². The minimum Gasteiger partial charge on any atom is -0.339 e. The summed E-state index contributed by atoms with van der Waals surface area (Å²) in [5, 5.41) is 3.02. The van der Waals surface area contributed by atoms with E-state index in [2.05, 4.69) is 11.9 Å². The molecule has 1 saturated heterocycles. The van der Waals surface area contributed by atoms with E-state index in [1.54, 1.807) is 25.1 Å². The van der Waals surface area contributed by atoms with E-state index in [1.807, 2.05) is 30.3 Å². The maximum atomic E-state index is 13.5. The van der Waals surface area contributed by atoms with E-state index in [0.717, 1.165) is 11.1 Å². The van der Waals surface area contributed by atoms with E-state index in [-0.39, 0.29) is 17.4 Å². The minimum atomic E-state index is -0.736. The number of nitrogens with one attached hydrogen (secondary N) is 1. The van der Waals surface area contributed by atoms with Crippen molar-refractivity contribution in [2.45, 2.75) is 25.2 Å². The molecule has 146 valence electrons. The number of aromatic nitrogens is 1. The summed E-state index contributed by atoms with van der Waals surface area (Å²) >= 11 is 0. The maximum absolute atomic E-state index is 13.5. The maximum Gasteiger partial charge on any atom is 0.250 e. The van der Waals surface area contributed by atoms with Crippen LogP contribution in [-0.4, -0.2) is 34.4 Å². The number of carbonyl (C=O) groups excluding carboxylic acids is 2. The van der Waals surface area contributed by atoms with Crippen LogP contribution < -0.4 is 10.9 Å². The predicted molar refractivity (Wildman–Crippen MR) is 109 cm³/mol. The molecule has 6 heteroatoms. The predicted octanol–water partition coefficient (Wildman–Crippen LogP) is 2.38. The number of likely N-dealkylation sites (tertiary alicyclic amines) is 1. The monoisotopic (exact) mass is 379 g/mol. The van der Waals surface area contributed by atoms with Crippen molar-refractivity contribution in [1.29, 1.82) is 0 Å². The van der Waals surface area contributed by atoms with Gasteiger partial charge in [0.2, 0.25) is 11.8 Å². The Morgan fingerprint density at radius 1 is 1.18 bits per heavy atom. The van der Waals surface area contributed by atoms with Crippen molar-refractivity contribution in [3.8, 4) is 0 Å². The molecule has 3 rings (SSSR count). The summed E-state index contributed by atoms with van der Waals surface area (Å²) in [5.41, 5.74) is 1.41. The van der Waals surface area contributed by atoms with Gasteiger partial charge in [-0.1, -0.05) is 36.9 Å². The third-order valence-corrected chi connectivity index (χ3v) is 5.55. The molecule has 1 aliphatic rings. The number of carbonyl (C=O) groups is 2. The molecule has 0 saturated carbocycles. The van der Waals surface area contributed by atoms with Crippen LogP contribution in [0.3, 0.4) is 0 Å². The zero-order chi connectivity index (χ0) is 20.3. The van der Waals surface area contributed by atoms with Crippen molar-refractivity contribution in [2.24, 2.45) is 7.05 Å². The van der Waals surface area contributed by atoms with Gasteiger partial charge in [-0.2, -0.15) is 0 Å². The summed E-state index contributed by atoms with van der Waals surface area (Å²) in [5.74, 6) is -0.234. The fourth-order valence-electron chi connectivity index (χ4n) is 3.74. The molecule has 0 spiro atoms. The van der Waals surface area contributed by atoms with Crippen LogP contribution in [0, 0.1) is 6.92 Å². The summed E-state index contributed by atoms with van der Waals surface area (Å²) in [7, 11) is 1.66. The second-order valence-electron chi connectivity index (χ2n) is 7.25. The highest BCUT2D eigenvalue weighted by molar-refractivity contribution is 6.00. The summed E-state index contributed by atoms with van der Waals surface area (Å²) in [6.45, 7) is 6.32. The van der Waals surface area contributed by atoms with Gasteiger partial charge in [0.25, 0.3) is 5.56 Å². The van der Waals surface area contributed by atoms with Crippen molar-refractivity contribution in [3.63, 3.8) is 0 Å². The Labute approximate surface area is 164 Å². The molecule has 2 heterocycles. The van der Waals surface area contributed by atoms with Gasteiger partial charge in [-0.15, -0.1) is 0 Å². The molecule has 6 nitrogen and oxygen atoms in total. The van der Waals surface area contributed by atoms with Gasteiger partial charge in [0.05, 0.1) is 11.1 Å². The molecule has 1 aromatic heterocycles. The van der Waals surface area contributed by atoms with E-state index in [9.17, 15) is 14.4 Å². The normalized spacial score (nSPS) is 15.7. The fraction of sp³-hybridized carbons (Fsp3) is 0.318. The molecule has 28 heavy (non-hydrogen) atoms. The van der Waals surface area contributed by atoms with Crippen LogP contribution in [0.2, 0.25) is 0 Å². The third kappa shape index (κ3) is 3.63. The Balaban J connectivity index is 1.93. The Hall–Kier alpha value is -3.15. The molecular weight excluding hydrogens is 354 g/mol. The first-order valence-corrected chi connectivity index (χ1v) is 9.33. The average molecular weight is 379 g/mol. The van der Waals surface area contributed by atoms with E-state index in [4.69, 9.17) is 0 Å². The molecule has 0 atom stereocenters. The van der Waals surface area contributed by atoms with Gasteiger partial charge in [0, 0.05) is 32.4 Å². The number of rotatable bonds is 4. The van der Waals surface area contributed by atoms with Crippen LogP contribution >= 0.6 is 0 Å². The summed E-state index contributed by atoms with van der Waals surface area (Å²) in [6, 6.07) is 11.2. The summed E-state index contributed by atoms with van der Waals surface area (Å²) in [6.07, 6.45) is 3.99. The number of hydrogen-bond donors (Lipinski definition) is 1. The largest absolute Gasteiger partial charge is 0.339 e. The molecule has 0 aliphatic carbocycles. The zero-order valence-electron chi connectivity index (χ0n) is 16.3. The van der Waals surface area contributed by atoms with E-state index in [0.29, 0.717) is 31.6 Å². The number of benzene rings is 1. The summed E-state index contributed by atoms with van der Waals surface area (Å²) in [4.78, 5) is 38.9. The van der Waals surface area contributed by atoms with Gasteiger partial charge in [0.1, 0.15) is 0 Å². The minimum absolute atomic E-state index is 0.115. The van der Waals surface area contributed by atoms with Crippen molar-refractivity contribution in [1.82, 2.24) is 9.47 Å². The fourth-order valence-corrected chi connectivity index (χ4v) is 3.74. The van der Waals surface area contributed by atoms with Gasteiger partial charge in [-0.05, 0) is 37.0 Å². The number of hydrogen-bond acceptors (Lipinski definition) is 3. The first-order chi connectivity index (χ1) is 13.4. The Morgan fingerprint density at radius 3 is 2.43 bits per heavy atom. The van der Waals surface area contributed by atoms with Gasteiger partial charge in [-0.25, -0.2) is 0 Å². The lowest BCUT2D eigenvalue weighted by Crippen LogP contribution is -2.50. The molecule has 1 fully saturated rings. The van der Waals surface area contributed by atoms with Crippen LogP contribution in [0.4, 0.5) is 5.69 Å².